The highest BCUT2D eigenvalue weighted by Crippen LogP contribution is 2.27. The maximum atomic E-state index is 12.7. The summed E-state index contributed by atoms with van der Waals surface area (Å²) in [6, 6.07) is 10.0. The van der Waals surface area contributed by atoms with Gasteiger partial charge in [0.1, 0.15) is 6.26 Å². The summed E-state index contributed by atoms with van der Waals surface area (Å²) in [4.78, 5) is 31.7. The van der Waals surface area contributed by atoms with Crippen LogP contribution in [-0.2, 0) is 16.1 Å². The van der Waals surface area contributed by atoms with Crippen LogP contribution in [0.1, 0.15) is 57.1 Å². The Hall–Kier alpha value is -2.63. The van der Waals surface area contributed by atoms with Crippen molar-refractivity contribution in [3.8, 4) is 11.5 Å². The van der Waals surface area contributed by atoms with Crippen molar-refractivity contribution in [2.24, 2.45) is 5.92 Å². The van der Waals surface area contributed by atoms with Gasteiger partial charge in [0.15, 0.2) is 0 Å². The molecular formula is C23H29N3O3. The molecule has 0 radical (unpaired) electrons. The third-order valence-corrected chi connectivity index (χ3v) is 6.10. The van der Waals surface area contributed by atoms with Crippen LogP contribution in [0.25, 0.3) is 11.5 Å². The molecule has 1 aliphatic heterocycles. The average molecular weight is 396 g/mol. The fourth-order valence-electron chi connectivity index (χ4n) is 4.43. The second-order valence-electron chi connectivity index (χ2n) is 8.15. The molecule has 1 saturated carbocycles. The summed E-state index contributed by atoms with van der Waals surface area (Å²) >= 11 is 0. The van der Waals surface area contributed by atoms with Crippen LogP contribution in [0.15, 0.2) is 41.0 Å². The van der Waals surface area contributed by atoms with Gasteiger partial charge in [-0.1, -0.05) is 43.9 Å². The minimum Gasteiger partial charge on any atom is -0.444 e. The lowest BCUT2D eigenvalue weighted by atomic mass is 9.93. The Balaban J connectivity index is 1.32. The van der Waals surface area contributed by atoms with Crippen LogP contribution in [0.5, 0.6) is 0 Å². The third-order valence-electron chi connectivity index (χ3n) is 6.10. The molecule has 6 heteroatoms. The van der Waals surface area contributed by atoms with Crippen LogP contribution < -0.4 is 5.32 Å². The van der Waals surface area contributed by atoms with Gasteiger partial charge in [-0.2, -0.15) is 0 Å². The summed E-state index contributed by atoms with van der Waals surface area (Å²) in [5, 5.41) is 2.98. The first kappa shape index (κ1) is 19.7. The van der Waals surface area contributed by atoms with Crippen LogP contribution >= 0.6 is 0 Å². The molecule has 2 amide bonds. The highest BCUT2D eigenvalue weighted by atomic mass is 16.3. The molecular weight excluding hydrogens is 366 g/mol. The largest absolute Gasteiger partial charge is 0.444 e. The first-order chi connectivity index (χ1) is 14.2. The molecule has 6 nitrogen and oxygen atoms in total. The normalized spacial score (nSPS) is 21.0. The number of nitrogens with one attached hydrogen (secondary N) is 1. The molecule has 2 heterocycles. The summed E-state index contributed by atoms with van der Waals surface area (Å²) in [6.45, 7) is 0.881. The number of nitrogens with zero attached hydrogens (tertiary/aromatic N) is 2. The van der Waals surface area contributed by atoms with Gasteiger partial charge in [0.25, 0.3) is 0 Å². The van der Waals surface area contributed by atoms with Crippen LogP contribution in [0.2, 0.25) is 0 Å². The number of benzene rings is 1. The fourth-order valence-corrected chi connectivity index (χ4v) is 4.43. The lowest BCUT2D eigenvalue weighted by Crippen LogP contribution is -2.49. The monoisotopic (exact) mass is 395 g/mol. The molecule has 2 aromatic rings. The minimum atomic E-state index is -0.142. The summed E-state index contributed by atoms with van der Waals surface area (Å²) in [5.74, 6) is 0.624. The van der Waals surface area contributed by atoms with Gasteiger partial charge < -0.3 is 14.6 Å². The van der Waals surface area contributed by atoms with Crippen LogP contribution in [0.3, 0.4) is 0 Å². The zero-order valence-corrected chi connectivity index (χ0v) is 16.8. The average Bonchev–Trinajstić information content (AvgIpc) is 3.07. The number of piperidine rings is 1. The Kier molecular flexibility index (Phi) is 6.27. The van der Waals surface area contributed by atoms with Crippen LogP contribution in [0, 0.1) is 5.92 Å². The molecule has 1 saturated heterocycles. The Labute approximate surface area is 171 Å². The predicted molar refractivity (Wildman–Crippen MR) is 110 cm³/mol. The topological polar surface area (TPSA) is 75.4 Å². The molecule has 29 heavy (non-hydrogen) atoms. The van der Waals surface area contributed by atoms with Crippen molar-refractivity contribution in [1.82, 2.24) is 15.2 Å². The molecule has 1 N–H and O–H groups in total. The standard InChI is InChI=1S/C23H29N3O3/c27-21-13-12-18(15-26(21)20-10-6-1-2-7-11-20)22(28)24-14-19-16-29-23(25-19)17-8-4-3-5-9-17/h3-5,8-9,16,18,20H,1-2,6-7,10-15H2,(H,24,28)/t18-/m0/s1. The van der Waals surface area contributed by atoms with E-state index in [4.69, 9.17) is 4.42 Å². The maximum Gasteiger partial charge on any atom is 0.226 e. The van der Waals surface area contributed by atoms with Crippen molar-refractivity contribution < 1.29 is 14.0 Å². The zero-order chi connectivity index (χ0) is 20.1. The summed E-state index contributed by atoms with van der Waals surface area (Å²) in [5.41, 5.74) is 1.61. The molecule has 4 rings (SSSR count). The molecule has 154 valence electrons. The van der Waals surface area contributed by atoms with Crippen molar-refractivity contribution >= 4 is 11.8 Å². The van der Waals surface area contributed by atoms with Crippen LogP contribution in [0.4, 0.5) is 0 Å². The number of aromatic nitrogens is 1. The number of carbonyl (C=O) groups excluding carboxylic acids is 2. The van der Waals surface area contributed by atoms with E-state index >= 15 is 0 Å². The lowest BCUT2D eigenvalue weighted by Gasteiger charge is -2.37. The molecule has 0 bridgehead atoms. The van der Waals surface area contributed by atoms with E-state index in [1.807, 2.05) is 35.2 Å². The SMILES string of the molecule is O=C(NCc1coc(-c2ccccc2)n1)[C@H]1CCC(=O)N(C2CCCCCC2)C1. The van der Waals surface area contributed by atoms with E-state index in [2.05, 4.69) is 10.3 Å². The number of carbonyl (C=O) groups is 2. The number of rotatable bonds is 5. The number of likely N-dealkylation sites (tertiary alicyclic amines) is 1. The van der Waals surface area contributed by atoms with Gasteiger partial charge >= 0.3 is 0 Å². The summed E-state index contributed by atoms with van der Waals surface area (Å²) in [7, 11) is 0. The smallest absolute Gasteiger partial charge is 0.226 e. The van der Waals surface area contributed by atoms with Gasteiger partial charge in [-0.25, -0.2) is 4.98 Å². The highest BCUT2D eigenvalue weighted by Gasteiger charge is 2.34. The van der Waals surface area contributed by atoms with Crippen LogP contribution in [-0.4, -0.2) is 34.3 Å². The quantitative estimate of drug-likeness (QED) is 0.779. The van der Waals surface area contributed by atoms with E-state index in [1.54, 1.807) is 6.26 Å². The van der Waals surface area contributed by atoms with Gasteiger partial charge in [-0.05, 0) is 31.4 Å². The molecule has 2 aliphatic rings. The van der Waals surface area contributed by atoms with E-state index in [-0.39, 0.29) is 17.7 Å². The fraction of sp³-hybridized carbons (Fsp3) is 0.522. The Morgan fingerprint density at radius 3 is 2.62 bits per heavy atom. The molecule has 1 aromatic heterocycles. The molecule has 0 spiro atoms. The number of amides is 2. The van der Waals surface area contributed by atoms with Crippen molar-refractivity contribution in [3.63, 3.8) is 0 Å². The van der Waals surface area contributed by atoms with Gasteiger partial charge in [0.05, 0.1) is 18.2 Å². The summed E-state index contributed by atoms with van der Waals surface area (Å²) in [6.07, 6.45) is 9.70. The van der Waals surface area contributed by atoms with Crippen molar-refractivity contribution in [3.05, 3.63) is 42.3 Å². The number of oxazole rings is 1. The van der Waals surface area contributed by atoms with E-state index in [1.165, 1.54) is 25.7 Å². The Morgan fingerprint density at radius 1 is 1.10 bits per heavy atom. The number of hydrogen-bond acceptors (Lipinski definition) is 4. The molecule has 0 unspecified atom stereocenters. The van der Waals surface area contributed by atoms with Crippen molar-refractivity contribution in [2.45, 2.75) is 64.0 Å². The second-order valence-corrected chi connectivity index (χ2v) is 8.15. The van der Waals surface area contributed by atoms with E-state index in [0.717, 1.165) is 18.4 Å². The summed E-state index contributed by atoms with van der Waals surface area (Å²) < 4.78 is 5.54. The van der Waals surface area contributed by atoms with Gasteiger partial charge in [-0.15, -0.1) is 0 Å². The Morgan fingerprint density at radius 2 is 1.86 bits per heavy atom. The molecule has 1 aliphatic carbocycles. The predicted octanol–water partition coefficient (Wildman–Crippen LogP) is 3.92. The molecule has 2 fully saturated rings. The third kappa shape index (κ3) is 4.86. The lowest BCUT2D eigenvalue weighted by molar-refractivity contribution is -0.141. The zero-order valence-electron chi connectivity index (χ0n) is 16.8. The highest BCUT2D eigenvalue weighted by molar-refractivity contribution is 5.84. The minimum absolute atomic E-state index is 0.000355. The number of hydrogen-bond donors (Lipinski definition) is 1. The maximum absolute atomic E-state index is 12.7. The van der Waals surface area contributed by atoms with E-state index < -0.39 is 0 Å². The second kappa shape index (κ2) is 9.25. The van der Waals surface area contributed by atoms with Crippen molar-refractivity contribution in [2.75, 3.05) is 6.54 Å². The van der Waals surface area contributed by atoms with Gasteiger partial charge in [-0.3, -0.25) is 9.59 Å². The Bertz CT molecular complexity index is 825. The first-order valence-electron chi connectivity index (χ1n) is 10.8. The van der Waals surface area contributed by atoms with Crippen molar-refractivity contribution in [1.29, 1.82) is 0 Å². The molecule has 1 atom stereocenters. The van der Waals surface area contributed by atoms with Gasteiger partial charge in [0.2, 0.25) is 17.7 Å². The van der Waals surface area contributed by atoms with E-state index in [0.29, 0.717) is 43.6 Å². The van der Waals surface area contributed by atoms with Gasteiger partial charge in [0, 0.05) is 24.6 Å². The van der Waals surface area contributed by atoms with E-state index in [9.17, 15) is 9.59 Å². The first-order valence-corrected chi connectivity index (χ1v) is 10.8. The molecule has 1 aromatic carbocycles.